The Morgan fingerprint density at radius 2 is 2.21 bits per heavy atom. The number of nitrogens with zero attached hydrogens (tertiary/aromatic N) is 2. The maximum atomic E-state index is 10.8. The van der Waals surface area contributed by atoms with Gasteiger partial charge in [-0.3, -0.25) is 19.8 Å². The second kappa shape index (κ2) is 6.84. The van der Waals surface area contributed by atoms with Crippen LogP contribution in [0.5, 0.6) is 0 Å². The third-order valence-corrected chi connectivity index (χ3v) is 3.06. The minimum atomic E-state index is -0.897. The lowest BCUT2D eigenvalue weighted by Gasteiger charge is -2.26. The van der Waals surface area contributed by atoms with E-state index in [-0.39, 0.29) is 18.3 Å². The molecular weight excluding hydrogens is 248 g/mol. The summed E-state index contributed by atoms with van der Waals surface area (Å²) in [6.45, 7) is 4.24. The van der Waals surface area contributed by atoms with E-state index in [2.05, 4.69) is 0 Å². The van der Waals surface area contributed by atoms with Crippen LogP contribution in [0.2, 0.25) is 0 Å². The molecule has 0 heterocycles. The van der Waals surface area contributed by atoms with Gasteiger partial charge in [0, 0.05) is 24.7 Å². The van der Waals surface area contributed by atoms with E-state index in [1.807, 2.05) is 13.8 Å². The molecule has 0 aliphatic rings. The molecule has 1 N–H and O–H groups in total. The highest BCUT2D eigenvalue weighted by Crippen LogP contribution is 2.16. The lowest BCUT2D eigenvalue weighted by Crippen LogP contribution is -2.36. The van der Waals surface area contributed by atoms with Gasteiger partial charge in [0.1, 0.15) is 0 Å². The average Bonchev–Trinajstić information content (AvgIpc) is 2.36. The molecule has 0 aromatic heterocycles. The number of nitro benzene ring substituents is 1. The number of benzene rings is 1. The molecule has 19 heavy (non-hydrogen) atoms. The van der Waals surface area contributed by atoms with Gasteiger partial charge in [-0.15, -0.1) is 0 Å². The van der Waals surface area contributed by atoms with E-state index in [1.165, 1.54) is 12.1 Å². The lowest BCUT2D eigenvalue weighted by atomic mass is 10.1. The van der Waals surface area contributed by atoms with Crippen LogP contribution in [-0.4, -0.2) is 33.5 Å². The molecule has 6 nitrogen and oxygen atoms in total. The molecule has 1 unspecified atom stereocenters. The Balaban J connectivity index is 2.86. The normalized spacial score (nSPS) is 12.4. The number of carboxylic acids is 1. The predicted molar refractivity (Wildman–Crippen MR) is 70.9 cm³/mol. The quantitative estimate of drug-likeness (QED) is 0.604. The first-order valence-electron chi connectivity index (χ1n) is 6.13. The zero-order valence-electron chi connectivity index (χ0n) is 11.1. The topological polar surface area (TPSA) is 83.7 Å². The van der Waals surface area contributed by atoms with Crippen molar-refractivity contribution in [2.24, 2.45) is 0 Å². The van der Waals surface area contributed by atoms with E-state index in [0.29, 0.717) is 6.54 Å². The molecule has 1 aromatic rings. The SMILES string of the molecule is CCC(C)N(CC(=O)O)Cc1cccc([N+](=O)[O-])c1. The summed E-state index contributed by atoms with van der Waals surface area (Å²) in [6.07, 6.45) is 0.822. The fraction of sp³-hybridized carbons (Fsp3) is 0.462. The van der Waals surface area contributed by atoms with Crippen molar-refractivity contribution in [3.05, 3.63) is 39.9 Å². The van der Waals surface area contributed by atoms with Gasteiger partial charge in [-0.1, -0.05) is 19.1 Å². The van der Waals surface area contributed by atoms with Crippen molar-refractivity contribution in [1.82, 2.24) is 4.90 Å². The van der Waals surface area contributed by atoms with Gasteiger partial charge in [0.05, 0.1) is 11.5 Å². The lowest BCUT2D eigenvalue weighted by molar-refractivity contribution is -0.384. The van der Waals surface area contributed by atoms with E-state index < -0.39 is 10.9 Å². The number of rotatable bonds is 7. The summed E-state index contributed by atoms with van der Waals surface area (Å²) in [6, 6.07) is 6.40. The van der Waals surface area contributed by atoms with E-state index >= 15 is 0 Å². The van der Waals surface area contributed by atoms with Crippen LogP contribution >= 0.6 is 0 Å². The molecule has 0 radical (unpaired) electrons. The van der Waals surface area contributed by atoms with E-state index in [9.17, 15) is 14.9 Å². The highest BCUT2D eigenvalue weighted by molar-refractivity contribution is 5.69. The summed E-state index contributed by atoms with van der Waals surface area (Å²) in [4.78, 5) is 22.9. The molecule has 0 fully saturated rings. The number of carboxylic acid groups (broad SMARTS) is 1. The van der Waals surface area contributed by atoms with Crippen LogP contribution in [0.3, 0.4) is 0 Å². The smallest absolute Gasteiger partial charge is 0.317 e. The summed E-state index contributed by atoms with van der Waals surface area (Å²) in [5, 5.41) is 19.6. The number of hydrogen-bond acceptors (Lipinski definition) is 4. The van der Waals surface area contributed by atoms with E-state index in [1.54, 1.807) is 17.0 Å². The summed E-state index contributed by atoms with van der Waals surface area (Å²) in [7, 11) is 0. The Labute approximate surface area is 111 Å². The molecular formula is C13H18N2O4. The van der Waals surface area contributed by atoms with Crippen molar-refractivity contribution in [3.8, 4) is 0 Å². The van der Waals surface area contributed by atoms with Gasteiger partial charge in [0.2, 0.25) is 0 Å². The number of aliphatic carboxylic acids is 1. The monoisotopic (exact) mass is 266 g/mol. The first-order valence-corrected chi connectivity index (χ1v) is 6.13. The summed E-state index contributed by atoms with van der Waals surface area (Å²) in [5.74, 6) is -0.897. The molecule has 0 aliphatic carbocycles. The van der Waals surface area contributed by atoms with Crippen LogP contribution in [0, 0.1) is 10.1 Å². The van der Waals surface area contributed by atoms with Gasteiger partial charge in [-0.2, -0.15) is 0 Å². The Bertz CT molecular complexity index is 462. The maximum Gasteiger partial charge on any atom is 0.317 e. The standard InChI is InChI=1S/C13H18N2O4/c1-3-10(2)14(9-13(16)17)8-11-5-4-6-12(7-11)15(18)19/h4-7,10H,3,8-9H2,1-2H3,(H,16,17). The van der Waals surface area contributed by atoms with Gasteiger partial charge < -0.3 is 5.11 Å². The van der Waals surface area contributed by atoms with Crippen molar-refractivity contribution in [3.63, 3.8) is 0 Å². The zero-order valence-corrected chi connectivity index (χ0v) is 11.1. The van der Waals surface area contributed by atoms with Crippen LogP contribution in [0.1, 0.15) is 25.8 Å². The summed E-state index contributed by atoms with van der Waals surface area (Å²) in [5.41, 5.74) is 0.771. The van der Waals surface area contributed by atoms with Crippen LogP contribution in [0.15, 0.2) is 24.3 Å². The number of hydrogen-bond donors (Lipinski definition) is 1. The van der Waals surface area contributed by atoms with Crippen molar-refractivity contribution in [2.45, 2.75) is 32.9 Å². The Morgan fingerprint density at radius 3 is 2.74 bits per heavy atom. The number of nitro groups is 1. The summed E-state index contributed by atoms with van der Waals surface area (Å²) >= 11 is 0. The molecule has 1 rings (SSSR count). The predicted octanol–water partition coefficient (Wildman–Crippen LogP) is 2.28. The second-order valence-corrected chi connectivity index (χ2v) is 4.48. The third-order valence-electron chi connectivity index (χ3n) is 3.06. The minimum Gasteiger partial charge on any atom is -0.480 e. The molecule has 0 aliphatic heterocycles. The highest BCUT2D eigenvalue weighted by Gasteiger charge is 2.17. The third kappa shape index (κ3) is 4.67. The fourth-order valence-corrected chi connectivity index (χ4v) is 1.80. The van der Waals surface area contributed by atoms with E-state index in [0.717, 1.165) is 12.0 Å². The fourth-order valence-electron chi connectivity index (χ4n) is 1.80. The van der Waals surface area contributed by atoms with Crippen LogP contribution in [0.25, 0.3) is 0 Å². The largest absolute Gasteiger partial charge is 0.480 e. The number of non-ortho nitro benzene ring substituents is 1. The average molecular weight is 266 g/mol. The van der Waals surface area contributed by atoms with Crippen molar-refractivity contribution in [1.29, 1.82) is 0 Å². The van der Waals surface area contributed by atoms with Crippen LogP contribution < -0.4 is 0 Å². The van der Waals surface area contributed by atoms with Gasteiger partial charge in [-0.25, -0.2) is 0 Å². The highest BCUT2D eigenvalue weighted by atomic mass is 16.6. The van der Waals surface area contributed by atoms with Gasteiger partial charge in [-0.05, 0) is 18.9 Å². The molecule has 0 saturated heterocycles. The van der Waals surface area contributed by atoms with Crippen molar-refractivity contribution < 1.29 is 14.8 Å². The number of carbonyl (C=O) groups is 1. The van der Waals surface area contributed by atoms with E-state index in [4.69, 9.17) is 5.11 Å². The zero-order chi connectivity index (χ0) is 14.4. The Morgan fingerprint density at radius 1 is 1.53 bits per heavy atom. The molecule has 0 bridgehead atoms. The molecule has 0 amide bonds. The Kier molecular flexibility index (Phi) is 5.44. The molecule has 0 saturated carbocycles. The first kappa shape index (κ1) is 15.1. The van der Waals surface area contributed by atoms with Gasteiger partial charge in [0.15, 0.2) is 0 Å². The Hall–Kier alpha value is -1.95. The summed E-state index contributed by atoms with van der Waals surface area (Å²) < 4.78 is 0. The van der Waals surface area contributed by atoms with Crippen LogP contribution in [0.4, 0.5) is 5.69 Å². The molecule has 104 valence electrons. The van der Waals surface area contributed by atoms with Crippen LogP contribution in [-0.2, 0) is 11.3 Å². The molecule has 6 heteroatoms. The van der Waals surface area contributed by atoms with Crippen molar-refractivity contribution in [2.75, 3.05) is 6.54 Å². The van der Waals surface area contributed by atoms with Gasteiger partial charge in [0.25, 0.3) is 5.69 Å². The molecule has 1 atom stereocenters. The first-order chi connectivity index (χ1) is 8.93. The second-order valence-electron chi connectivity index (χ2n) is 4.48. The van der Waals surface area contributed by atoms with Gasteiger partial charge >= 0.3 is 5.97 Å². The maximum absolute atomic E-state index is 10.8. The minimum absolute atomic E-state index is 0.0249. The van der Waals surface area contributed by atoms with Crippen molar-refractivity contribution >= 4 is 11.7 Å². The molecule has 0 spiro atoms. The molecule has 1 aromatic carbocycles.